The number of carboxylic acid groups (broad SMARTS) is 1. The van der Waals surface area contributed by atoms with Crippen LogP contribution in [0.4, 0.5) is 0 Å². The maximum Gasteiger partial charge on any atom is 0.472 e. The standard InChI is InChI=1S/C46H84NO10P/c1-3-5-7-9-11-13-15-17-19-20-21-22-24-26-28-30-32-34-36-38-45(49)57-42(40-55-58(52,53)56-41-43(47)46(50)51)39-54-44(48)37-35-33-31-29-27-25-23-18-16-14-12-10-8-6-4-2/h11,13,17,19,21-22,42-43H,3-10,12,14-16,18,20,23-41,47H2,1-2H3,(H,50,51)(H,52,53)/b13-11-,19-17-,22-21-/t42-,43+/m1/s1. The number of phosphoric acid groups is 1. The average molecular weight is 842 g/mol. The van der Waals surface area contributed by atoms with E-state index in [1.165, 1.54) is 96.3 Å². The number of phosphoric ester groups is 1. The maximum absolute atomic E-state index is 12.6. The number of hydrogen-bond donors (Lipinski definition) is 3. The van der Waals surface area contributed by atoms with Crippen molar-refractivity contribution >= 4 is 25.7 Å². The molecule has 0 amide bonds. The largest absolute Gasteiger partial charge is 0.480 e. The Morgan fingerprint density at radius 1 is 0.534 bits per heavy atom. The monoisotopic (exact) mass is 842 g/mol. The van der Waals surface area contributed by atoms with E-state index in [9.17, 15) is 23.8 Å². The summed E-state index contributed by atoms with van der Waals surface area (Å²) < 4.78 is 32.7. The molecule has 58 heavy (non-hydrogen) atoms. The van der Waals surface area contributed by atoms with Crippen molar-refractivity contribution in [2.45, 2.75) is 219 Å². The van der Waals surface area contributed by atoms with E-state index >= 15 is 0 Å². The molecule has 0 saturated heterocycles. The molecule has 0 bridgehead atoms. The fraction of sp³-hybridized carbons (Fsp3) is 0.804. The van der Waals surface area contributed by atoms with E-state index < -0.39 is 51.1 Å². The van der Waals surface area contributed by atoms with E-state index in [2.05, 4.69) is 54.8 Å². The Labute approximate surface area is 353 Å². The van der Waals surface area contributed by atoms with Crippen molar-refractivity contribution in [3.63, 3.8) is 0 Å². The Morgan fingerprint density at radius 3 is 1.40 bits per heavy atom. The molecular formula is C46H84NO10P. The zero-order valence-electron chi connectivity index (χ0n) is 36.6. The van der Waals surface area contributed by atoms with Crippen LogP contribution in [0, 0.1) is 0 Å². The van der Waals surface area contributed by atoms with Gasteiger partial charge in [0, 0.05) is 12.8 Å². The first kappa shape index (κ1) is 55.7. The summed E-state index contributed by atoms with van der Waals surface area (Å²) in [5.74, 6) is -2.39. The number of hydrogen-bond acceptors (Lipinski definition) is 9. The topological polar surface area (TPSA) is 172 Å². The van der Waals surface area contributed by atoms with Crippen molar-refractivity contribution in [2.24, 2.45) is 5.73 Å². The van der Waals surface area contributed by atoms with Crippen molar-refractivity contribution in [3.8, 4) is 0 Å². The number of aliphatic carboxylic acids is 1. The summed E-state index contributed by atoms with van der Waals surface area (Å²) in [6, 6.07) is -1.52. The Kier molecular flexibility index (Phi) is 39.8. The summed E-state index contributed by atoms with van der Waals surface area (Å²) in [6.07, 6.45) is 44.8. The summed E-state index contributed by atoms with van der Waals surface area (Å²) in [6.45, 7) is 2.78. The van der Waals surface area contributed by atoms with Gasteiger partial charge in [0.2, 0.25) is 0 Å². The molecular weight excluding hydrogens is 757 g/mol. The number of nitrogens with two attached hydrogens (primary N) is 1. The summed E-state index contributed by atoms with van der Waals surface area (Å²) in [4.78, 5) is 46.0. The highest BCUT2D eigenvalue weighted by Crippen LogP contribution is 2.43. The molecule has 0 aliphatic rings. The lowest BCUT2D eigenvalue weighted by atomic mass is 10.0. The maximum atomic E-state index is 12.6. The zero-order chi connectivity index (χ0) is 42.8. The van der Waals surface area contributed by atoms with Crippen molar-refractivity contribution in [1.82, 2.24) is 0 Å². The molecule has 0 aromatic heterocycles. The number of rotatable bonds is 43. The Balaban J connectivity index is 4.34. The van der Waals surface area contributed by atoms with E-state index in [0.717, 1.165) is 70.6 Å². The van der Waals surface area contributed by atoms with Gasteiger partial charge in [-0.3, -0.25) is 23.4 Å². The first-order valence-corrected chi connectivity index (χ1v) is 24.5. The van der Waals surface area contributed by atoms with Crippen molar-refractivity contribution in [2.75, 3.05) is 19.8 Å². The summed E-state index contributed by atoms with van der Waals surface area (Å²) >= 11 is 0. The number of carboxylic acids is 1. The molecule has 338 valence electrons. The number of carbonyl (C=O) groups is 3. The third-order valence-corrected chi connectivity index (χ3v) is 10.8. The molecule has 3 atom stereocenters. The van der Waals surface area contributed by atoms with Gasteiger partial charge in [0.1, 0.15) is 12.6 Å². The Bertz CT molecular complexity index is 1130. The second kappa shape index (κ2) is 41.4. The minimum atomic E-state index is -4.72. The van der Waals surface area contributed by atoms with Crippen LogP contribution in [0.5, 0.6) is 0 Å². The van der Waals surface area contributed by atoms with Gasteiger partial charge in [0.25, 0.3) is 0 Å². The molecule has 4 N–H and O–H groups in total. The number of carbonyl (C=O) groups excluding carboxylic acids is 2. The van der Waals surface area contributed by atoms with Crippen LogP contribution >= 0.6 is 7.82 Å². The second-order valence-electron chi connectivity index (χ2n) is 15.5. The molecule has 0 aliphatic carbocycles. The average Bonchev–Trinajstić information content (AvgIpc) is 3.20. The molecule has 0 saturated carbocycles. The Hall–Kier alpha value is -2.30. The van der Waals surface area contributed by atoms with Crippen molar-refractivity contribution in [1.29, 1.82) is 0 Å². The fourth-order valence-electron chi connectivity index (χ4n) is 6.25. The minimum absolute atomic E-state index is 0.148. The van der Waals surface area contributed by atoms with E-state index in [1.807, 2.05) is 0 Å². The molecule has 12 heteroatoms. The van der Waals surface area contributed by atoms with Crippen LogP contribution in [0.25, 0.3) is 0 Å². The van der Waals surface area contributed by atoms with Crippen LogP contribution in [0.2, 0.25) is 0 Å². The third kappa shape index (κ3) is 40.5. The zero-order valence-corrected chi connectivity index (χ0v) is 37.5. The van der Waals surface area contributed by atoms with E-state index in [4.69, 9.17) is 24.8 Å². The lowest BCUT2D eigenvalue weighted by molar-refractivity contribution is -0.161. The predicted molar refractivity (Wildman–Crippen MR) is 235 cm³/mol. The first-order valence-electron chi connectivity index (χ1n) is 23.0. The van der Waals surface area contributed by atoms with E-state index in [0.29, 0.717) is 12.8 Å². The number of esters is 2. The van der Waals surface area contributed by atoms with Crippen LogP contribution < -0.4 is 5.73 Å². The van der Waals surface area contributed by atoms with Gasteiger partial charge in [-0.1, -0.05) is 179 Å². The summed E-state index contributed by atoms with van der Waals surface area (Å²) in [7, 11) is -4.72. The SMILES string of the molecule is CCCCC/C=C\C/C=C\C/C=C\CCCCCCCCC(=O)O[C@H](COC(=O)CCCCCCCCCCCCCCCCC)COP(=O)(O)OC[C@H](N)C(=O)O. The molecule has 0 rings (SSSR count). The van der Waals surface area contributed by atoms with Crippen LogP contribution in [0.3, 0.4) is 0 Å². The van der Waals surface area contributed by atoms with Gasteiger partial charge in [0.15, 0.2) is 6.10 Å². The van der Waals surface area contributed by atoms with Gasteiger partial charge >= 0.3 is 25.7 Å². The molecule has 1 unspecified atom stereocenters. The van der Waals surface area contributed by atoms with Gasteiger partial charge in [-0.2, -0.15) is 0 Å². The second-order valence-corrected chi connectivity index (χ2v) is 17.0. The highest BCUT2D eigenvalue weighted by atomic mass is 31.2. The molecule has 0 aliphatic heterocycles. The molecule has 11 nitrogen and oxygen atoms in total. The highest BCUT2D eigenvalue weighted by Gasteiger charge is 2.28. The lowest BCUT2D eigenvalue weighted by Crippen LogP contribution is -2.34. The lowest BCUT2D eigenvalue weighted by Gasteiger charge is -2.20. The molecule has 0 spiro atoms. The first-order chi connectivity index (χ1) is 28.1. The van der Waals surface area contributed by atoms with E-state index in [1.54, 1.807) is 0 Å². The van der Waals surface area contributed by atoms with Crippen LogP contribution in [0.1, 0.15) is 206 Å². The molecule has 0 aromatic carbocycles. The predicted octanol–water partition coefficient (Wildman–Crippen LogP) is 12.4. The summed E-state index contributed by atoms with van der Waals surface area (Å²) in [5.41, 5.74) is 5.34. The normalized spacial score (nSPS) is 14.0. The number of allylic oxidation sites excluding steroid dienone is 6. The number of unbranched alkanes of at least 4 members (excludes halogenated alkanes) is 23. The van der Waals surface area contributed by atoms with Gasteiger partial charge < -0.3 is 25.2 Å². The molecule has 0 heterocycles. The van der Waals surface area contributed by atoms with Crippen molar-refractivity contribution in [3.05, 3.63) is 36.5 Å². The van der Waals surface area contributed by atoms with Gasteiger partial charge in [-0.25, -0.2) is 4.57 Å². The number of ether oxygens (including phenoxy) is 2. The van der Waals surface area contributed by atoms with Crippen LogP contribution in [-0.4, -0.2) is 59.9 Å². The van der Waals surface area contributed by atoms with Crippen LogP contribution in [-0.2, 0) is 37.5 Å². The highest BCUT2D eigenvalue weighted by molar-refractivity contribution is 7.47. The van der Waals surface area contributed by atoms with Crippen molar-refractivity contribution < 1.29 is 47.5 Å². The minimum Gasteiger partial charge on any atom is -0.480 e. The Morgan fingerprint density at radius 2 is 0.914 bits per heavy atom. The fourth-order valence-corrected chi connectivity index (χ4v) is 7.03. The molecule has 0 fully saturated rings. The van der Waals surface area contributed by atoms with Gasteiger partial charge in [0.05, 0.1) is 13.2 Å². The van der Waals surface area contributed by atoms with E-state index in [-0.39, 0.29) is 19.4 Å². The third-order valence-electron chi connectivity index (χ3n) is 9.89. The molecule has 0 aromatic rings. The quantitative estimate of drug-likeness (QED) is 0.0231. The van der Waals surface area contributed by atoms with Crippen LogP contribution in [0.15, 0.2) is 36.5 Å². The van der Waals surface area contributed by atoms with Gasteiger partial charge in [-0.05, 0) is 51.4 Å². The van der Waals surface area contributed by atoms with Gasteiger partial charge in [-0.15, -0.1) is 0 Å². The smallest absolute Gasteiger partial charge is 0.472 e. The summed E-state index contributed by atoms with van der Waals surface area (Å²) in [5, 5.41) is 8.90. The molecule has 0 radical (unpaired) electrons.